The summed E-state index contributed by atoms with van der Waals surface area (Å²) in [7, 11) is 1.96. The van der Waals surface area contributed by atoms with E-state index in [2.05, 4.69) is 28.4 Å². The standard InChI is InChI=1S/C26H39FN2O4/c1-17-15-24(19(3)26(31)33-17)29(4)12-9-25(30)28-23(16-27)18(2)20-5-7-21(8-6-20)22-10-13-32-14-11-22/h5-8,10,17-19,23-24,26,31H,9,11-16H2,1-4H3,(H,28,30). The van der Waals surface area contributed by atoms with E-state index >= 15 is 0 Å². The molecular weight excluding hydrogens is 423 g/mol. The Morgan fingerprint density at radius 3 is 2.67 bits per heavy atom. The van der Waals surface area contributed by atoms with Crippen molar-refractivity contribution in [2.24, 2.45) is 5.92 Å². The number of rotatable bonds is 9. The van der Waals surface area contributed by atoms with Crippen LogP contribution >= 0.6 is 0 Å². The predicted molar refractivity (Wildman–Crippen MR) is 128 cm³/mol. The lowest BCUT2D eigenvalue weighted by atomic mass is 9.91. The zero-order chi connectivity index (χ0) is 24.0. The quantitative estimate of drug-likeness (QED) is 0.588. The number of nitrogens with one attached hydrogen (secondary N) is 1. The molecule has 1 fully saturated rings. The molecule has 6 unspecified atom stereocenters. The van der Waals surface area contributed by atoms with E-state index in [1.807, 2.05) is 40.0 Å². The van der Waals surface area contributed by atoms with Crippen LogP contribution in [0.25, 0.3) is 5.57 Å². The second-order valence-electron chi connectivity index (χ2n) is 9.52. The molecule has 0 saturated carbocycles. The second-order valence-corrected chi connectivity index (χ2v) is 9.52. The van der Waals surface area contributed by atoms with Crippen LogP contribution in [0.1, 0.15) is 57.1 Å². The van der Waals surface area contributed by atoms with Crippen molar-refractivity contribution in [1.29, 1.82) is 0 Å². The lowest BCUT2D eigenvalue weighted by Crippen LogP contribution is -2.50. The van der Waals surface area contributed by atoms with E-state index in [4.69, 9.17) is 9.47 Å². The first-order valence-corrected chi connectivity index (χ1v) is 12.1. The van der Waals surface area contributed by atoms with Crippen molar-refractivity contribution in [2.75, 3.05) is 33.5 Å². The number of amides is 1. The van der Waals surface area contributed by atoms with Crippen molar-refractivity contribution >= 4 is 11.5 Å². The normalized spacial score (nSPS) is 27.7. The highest BCUT2D eigenvalue weighted by molar-refractivity contribution is 5.76. The fourth-order valence-corrected chi connectivity index (χ4v) is 4.79. The summed E-state index contributed by atoms with van der Waals surface area (Å²) < 4.78 is 24.7. The number of hydrogen-bond acceptors (Lipinski definition) is 5. The molecular formula is C26H39FN2O4. The van der Waals surface area contributed by atoms with Gasteiger partial charge in [0.15, 0.2) is 6.29 Å². The minimum absolute atomic E-state index is 0.0247. The van der Waals surface area contributed by atoms with E-state index in [9.17, 15) is 14.3 Å². The van der Waals surface area contributed by atoms with Crippen LogP contribution in [0.3, 0.4) is 0 Å². The van der Waals surface area contributed by atoms with E-state index in [1.54, 1.807) is 0 Å². The maximum absolute atomic E-state index is 13.9. The smallest absolute Gasteiger partial charge is 0.221 e. The molecule has 184 valence electrons. The molecule has 0 radical (unpaired) electrons. The summed E-state index contributed by atoms with van der Waals surface area (Å²) >= 11 is 0. The maximum Gasteiger partial charge on any atom is 0.221 e. The van der Waals surface area contributed by atoms with E-state index in [0.717, 1.165) is 25.0 Å². The molecule has 2 heterocycles. The largest absolute Gasteiger partial charge is 0.377 e. The van der Waals surface area contributed by atoms with Crippen molar-refractivity contribution in [3.63, 3.8) is 0 Å². The van der Waals surface area contributed by atoms with Gasteiger partial charge in [-0.15, -0.1) is 0 Å². The summed E-state index contributed by atoms with van der Waals surface area (Å²) in [6.45, 7) is 7.17. The Bertz CT molecular complexity index is 800. The van der Waals surface area contributed by atoms with Crippen LogP contribution < -0.4 is 5.32 Å². The Balaban J connectivity index is 1.52. The Morgan fingerprint density at radius 2 is 2.03 bits per heavy atom. The van der Waals surface area contributed by atoms with Gasteiger partial charge in [-0.25, -0.2) is 4.39 Å². The number of halogens is 1. The molecule has 1 amide bonds. The molecule has 6 nitrogen and oxygen atoms in total. The molecule has 1 aromatic rings. The van der Waals surface area contributed by atoms with Crippen LogP contribution in [0.5, 0.6) is 0 Å². The zero-order valence-electron chi connectivity index (χ0n) is 20.3. The third-order valence-electron chi connectivity index (χ3n) is 7.15. The van der Waals surface area contributed by atoms with Gasteiger partial charge in [-0.2, -0.15) is 0 Å². The lowest BCUT2D eigenvalue weighted by molar-refractivity contribution is -0.204. The van der Waals surface area contributed by atoms with E-state index < -0.39 is 19.0 Å². The Hall–Kier alpha value is -1.80. The highest BCUT2D eigenvalue weighted by Crippen LogP contribution is 2.28. The fraction of sp³-hybridized carbons (Fsp3) is 0.654. The lowest BCUT2D eigenvalue weighted by Gasteiger charge is -2.41. The summed E-state index contributed by atoms with van der Waals surface area (Å²) in [5, 5.41) is 13.0. The van der Waals surface area contributed by atoms with Gasteiger partial charge in [-0.1, -0.05) is 44.2 Å². The van der Waals surface area contributed by atoms with Gasteiger partial charge in [-0.05, 0) is 43.5 Å². The van der Waals surface area contributed by atoms with Crippen LogP contribution in [0, 0.1) is 5.92 Å². The van der Waals surface area contributed by atoms with Crippen LogP contribution in [-0.2, 0) is 14.3 Å². The van der Waals surface area contributed by atoms with Gasteiger partial charge in [-0.3, -0.25) is 4.79 Å². The molecule has 0 aliphatic carbocycles. The average Bonchev–Trinajstić information content (AvgIpc) is 2.83. The number of benzene rings is 1. The molecule has 3 rings (SSSR count). The van der Waals surface area contributed by atoms with Crippen molar-refractivity contribution in [2.45, 2.75) is 70.4 Å². The highest BCUT2D eigenvalue weighted by Gasteiger charge is 2.35. The number of hydrogen-bond donors (Lipinski definition) is 2. The zero-order valence-corrected chi connectivity index (χ0v) is 20.3. The van der Waals surface area contributed by atoms with Crippen LogP contribution in [-0.4, -0.2) is 73.9 Å². The third kappa shape index (κ3) is 6.85. The highest BCUT2D eigenvalue weighted by atomic mass is 19.1. The molecule has 0 spiro atoms. The minimum atomic E-state index is -0.791. The molecule has 6 atom stereocenters. The number of carbonyl (C=O) groups excluding carboxylic acids is 1. The van der Waals surface area contributed by atoms with Gasteiger partial charge in [0.05, 0.1) is 25.4 Å². The van der Waals surface area contributed by atoms with Gasteiger partial charge >= 0.3 is 0 Å². The summed E-state index contributed by atoms with van der Waals surface area (Å²) in [4.78, 5) is 14.7. The first kappa shape index (κ1) is 25.8. The third-order valence-corrected chi connectivity index (χ3v) is 7.15. The Labute approximate surface area is 197 Å². The molecule has 33 heavy (non-hydrogen) atoms. The van der Waals surface area contributed by atoms with Crippen LogP contribution in [0.15, 0.2) is 30.3 Å². The second kappa shape index (κ2) is 12.1. The topological polar surface area (TPSA) is 71.0 Å². The number of alkyl halides is 1. The molecule has 2 aliphatic rings. The van der Waals surface area contributed by atoms with Crippen LogP contribution in [0.2, 0.25) is 0 Å². The predicted octanol–water partition coefficient (Wildman–Crippen LogP) is 3.50. The fourth-order valence-electron chi connectivity index (χ4n) is 4.79. The van der Waals surface area contributed by atoms with E-state index in [0.29, 0.717) is 13.2 Å². The average molecular weight is 463 g/mol. The molecule has 2 aliphatic heterocycles. The Morgan fingerprint density at radius 1 is 1.30 bits per heavy atom. The summed E-state index contributed by atoms with van der Waals surface area (Å²) in [6, 6.07) is 7.76. The van der Waals surface area contributed by atoms with Gasteiger partial charge in [0.2, 0.25) is 5.91 Å². The molecule has 1 saturated heterocycles. The van der Waals surface area contributed by atoms with Crippen molar-refractivity contribution in [3.05, 3.63) is 41.5 Å². The van der Waals surface area contributed by atoms with Crippen molar-refractivity contribution in [3.8, 4) is 0 Å². The number of aliphatic hydroxyl groups is 1. The van der Waals surface area contributed by atoms with Gasteiger partial charge in [0.25, 0.3) is 0 Å². The van der Waals surface area contributed by atoms with E-state index in [1.165, 1.54) is 11.1 Å². The number of ether oxygens (including phenoxy) is 2. The molecule has 0 bridgehead atoms. The van der Waals surface area contributed by atoms with Gasteiger partial charge in [0, 0.05) is 30.8 Å². The Kier molecular flexibility index (Phi) is 9.44. The molecule has 0 aromatic heterocycles. The van der Waals surface area contributed by atoms with Crippen LogP contribution in [0.4, 0.5) is 4.39 Å². The molecule has 2 N–H and O–H groups in total. The monoisotopic (exact) mass is 462 g/mol. The number of nitrogens with zero attached hydrogens (tertiary/aromatic N) is 1. The molecule has 1 aromatic carbocycles. The van der Waals surface area contributed by atoms with Gasteiger partial charge < -0.3 is 24.8 Å². The van der Waals surface area contributed by atoms with E-state index in [-0.39, 0.29) is 36.3 Å². The van der Waals surface area contributed by atoms with Crippen molar-refractivity contribution < 1.29 is 23.8 Å². The first-order chi connectivity index (χ1) is 15.8. The SMILES string of the molecule is CC1CC(N(C)CCC(=O)NC(CF)C(C)c2ccc(C3=CCOCC3)cc2)C(C)C(O)O1. The number of aliphatic hydroxyl groups excluding tert-OH is 1. The summed E-state index contributed by atoms with van der Waals surface area (Å²) in [5.74, 6) is -0.331. The van der Waals surface area contributed by atoms with Gasteiger partial charge in [0.1, 0.15) is 6.67 Å². The summed E-state index contributed by atoms with van der Waals surface area (Å²) in [5.41, 5.74) is 3.45. The summed E-state index contributed by atoms with van der Waals surface area (Å²) in [6.07, 6.45) is 3.27. The maximum atomic E-state index is 13.9. The van der Waals surface area contributed by atoms with Crippen molar-refractivity contribution in [1.82, 2.24) is 10.2 Å². The molecule has 7 heteroatoms. The number of carbonyl (C=O) groups is 1. The first-order valence-electron chi connectivity index (χ1n) is 12.1. The minimum Gasteiger partial charge on any atom is -0.377 e.